The lowest BCUT2D eigenvalue weighted by Gasteiger charge is -2.17. The normalized spacial score (nSPS) is 12.8. The van der Waals surface area contributed by atoms with E-state index in [1.165, 1.54) is 35.6 Å². The Balaban J connectivity index is 0.00000420. The highest BCUT2D eigenvalue weighted by molar-refractivity contribution is 14.0. The standard InChI is InChI=1S/C21H28FN3O2S.HI/c1-15-5-7-17(8-6-15)16(2)12-24-21(23-3)25-13-19-11-20(22)10-9-18(19)14-28(4,26)27;/h5-11,16H,12-14H2,1-4H3,(H2,23,24,25);1H. The average Bonchev–Trinajstić information content (AvgIpc) is 2.63. The van der Waals surface area contributed by atoms with Crippen LogP contribution in [0.15, 0.2) is 47.5 Å². The van der Waals surface area contributed by atoms with E-state index in [1.54, 1.807) is 7.05 Å². The molecule has 0 saturated heterocycles. The van der Waals surface area contributed by atoms with Crippen LogP contribution in [0.3, 0.4) is 0 Å². The van der Waals surface area contributed by atoms with Crippen molar-refractivity contribution in [2.45, 2.75) is 32.1 Å². The summed E-state index contributed by atoms with van der Waals surface area (Å²) in [5, 5.41) is 6.39. The Bertz CT molecular complexity index is 931. The van der Waals surface area contributed by atoms with E-state index in [0.717, 1.165) is 0 Å². The summed E-state index contributed by atoms with van der Waals surface area (Å²) in [6.45, 7) is 5.15. The molecule has 29 heavy (non-hydrogen) atoms. The largest absolute Gasteiger partial charge is 0.356 e. The van der Waals surface area contributed by atoms with Gasteiger partial charge in [0.1, 0.15) is 5.82 Å². The third-order valence-electron chi connectivity index (χ3n) is 4.48. The number of hydrogen-bond donors (Lipinski definition) is 2. The summed E-state index contributed by atoms with van der Waals surface area (Å²) in [6.07, 6.45) is 1.17. The molecule has 0 saturated carbocycles. The minimum absolute atomic E-state index is 0. The van der Waals surface area contributed by atoms with Crippen LogP contribution in [0.5, 0.6) is 0 Å². The summed E-state index contributed by atoms with van der Waals surface area (Å²) >= 11 is 0. The summed E-state index contributed by atoms with van der Waals surface area (Å²) in [4.78, 5) is 4.19. The van der Waals surface area contributed by atoms with Crippen LogP contribution in [0.25, 0.3) is 0 Å². The lowest BCUT2D eigenvalue weighted by molar-refractivity contribution is 0.599. The molecule has 2 rings (SSSR count). The number of nitrogens with zero attached hydrogens (tertiary/aromatic N) is 1. The van der Waals surface area contributed by atoms with Crippen LogP contribution >= 0.6 is 24.0 Å². The Morgan fingerprint density at radius 2 is 1.76 bits per heavy atom. The van der Waals surface area contributed by atoms with Gasteiger partial charge in [-0.15, -0.1) is 24.0 Å². The maximum Gasteiger partial charge on any atom is 0.191 e. The lowest BCUT2D eigenvalue weighted by Crippen LogP contribution is -2.38. The smallest absolute Gasteiger partial charge is 0.191 e. The molecule has 0 bridgehead atoms. The summed E-state index contributed by atoms with van der Waals surface area (Å²) < 4.78 is 36.9. The van der Waals surface area contributed by atoms with Gasteiger partial charge in [-0.1, -0.05) is 42.8 Å². The van der Waals surface area contributed by atoms with Crippen LogP contribution in [0.2, 0.25) is 0 Å². The second kappa shape index (κ2) is 11.5. The highest BCUT2D eigenvalue weighted by atomic mass is 127. The molecular formula is C21H29FIN3O2S. The topological polar surface area (TPSA) is 70.6 Å². The number of halogens is 2. The van der Waals surface area contributed by atoms with Gasteiger partial charge in [0, 0.05) is 26.4 Å². The molecule has 8 heteroatoms. The zero-order valence-corrected chi connectivity index (χ0v) is 20.3. The molecule has 160 valence electrons. The van der Waals surface area contributed by atoms with Gasteiger partial charge < -0.3 is 10.6 Å². The van der Waals surface area contributed by atoms with Gasteiger partial charge in [0.25, 0.3) is 0 Å². The molecule has 0 amide bonds. The number of sulfone groups is 1. The Morgan fingerprint density at radius 1 is 1.10 bits per heavy atom. The van der Waals surface area contributed by atoms with Crippen molar-refractivity contribution in [1.82, 2.24) is 10.6 Å². The van der Waals surface area contributed by atoms with E-state index in [9.17, 15) is 12.8 Å². The van der Waals surface area contributed by atoms with Crippen molar-refractivity contribution in [3.05, 3.63) is 70.5 Å². The average molecular weight is 533 g/mol. The van der Waals surface area contributed by atoms with Gasteiger partial charge in [0.2, 0.25) is 0 Å². The second-order valence-electron chi connectivity index (χ2n) is 7.10. The SMILES string of the molecule is CN=C(NCc1cc(F)ccc1CS(C)(=O)=O)NCC(C)c1ccc(C)cc1.I. The molecule has 0 fully saturated rings. The second-order valence-corrected chi connectivity index (χ2v) is 9.24. The molecule has 0 aliphatic carbocycles. The number of rotatable bonds is 7. The number of aliphatic imine (C=N–C) groups is 1. The Hall–Kier alpha value is -1.68. The first-order valence-corrected chi connectivity index (χ1v) is 11.2. The third-order valence-corrected chi connectivity index (χ3v) is 5.31. The van der Waals surface area contributed by atoms with Gasteiger partial charge in [-0.3, -0.25) is 4.99 Å². The van der Waals surface area contributed by atoms with E-state index in [0.29, 0.717) is 23.6 Å². The first-order valence-electron chi connectivity index (χ1n) is 9.14. The molecule has 0 heterocycles. The Labute approximate surface area is 190 Å². The van der Waals surface area contributed by atoms with Crippen LogP contribution in [0.1, 0.15) is 35.1 Å². The van der Waals surface area contributed by atoms with Crippen LogP contribution < -0.4 is 10.6 Å². The van der Waals surface area contributed by atoms with Crippen LogP contribution in [-0.4, -0.2) is 34.2 Å². The molecule has 0 radical (unpaired) electrons. The number of hydrogen-bond acceptors (Lipinski definition) is 3. The van der Waals surface area contributed by atoms with E-state index in [4.69, 9.17) is 0 Å². The number of aryl methyl sites for hydroxylation is 1. The van der Waals surface area contributed by atoms with Gasteiger partial charge in [0.15, 0.2) is 15.8 Å². The minimum atomic E-state index is -3.21. The van der Waals surface area contributed by atoms with Crippen molar-refractivity contribution in [3.63, 3.8) is 0 Å². The Kier molecular flexibility index (Phi) is 10.0. The van der Waals surface area contributed by atoms with Crippen LogP contribution in [-0.2, 0) is 22.1 Å². The summed E-state index contributed by atoms with van der Waals surface area (Å²) in [5.41, 5.74) is 3.63. The molecule has 0 aliphatic heterocycles. The molecule has 1 atom stereocenters. The van der Waals surface area contributed by atoms with Gasteiger partial charge in [0.05, 0.1) is 5.75 Å². The molecule has 2 N–H and O–H groups in total. The maximum absolute atomic E-state index is 13.6. The van der Waals surface area contributed by atoms with Crippen molar-refractivity contribution >= 4 is 39.8 Å². The van der Waals surface area contributed by atoms with E-state index in [-0.39, 0.29) is 42.2 Å². The molecular weight excluding hydrogens is 504 g/mol. The summed E-state index contributed by atoms with van der Waals surface area (Å²) in [7, 11) is -1.55. The third kappa shape index (κ3) is 8.69. The number of guanidine groups is 1. The van der Waals surface area contributed by atoms with E-state index in [2.05, 4.69) is 53.7 Å². The fourth-order valence-electron chi connectivity index (χ4n) is 2.84. The summed E-state index contributed by atoms with van der Waals surface area (Å²) in [6, 6.07) is 12.6. The molecule has 0 aliphatic rings. The molecule has 1 unspecified atom stereocenters. The highest BCUT2D eigenvalue weighted by Gasteiger charge is 2.12. The highest BCUT2D eigenvalue weighted by Crippen LogP contribution is 2.16. The molecule has 0 aromatic heterocycles. The summed E-state index contributed by atoms with van der Waals surface area (Å²) in [5.74, 6) is 0.341. The van der Waals surface area contributed by atoms with Crippen molar-refractivity contribution in [2.75, 3.05) is 19.8 Å². The van der Waals surface area contributed by atoms with Crippen molar-refractivity contribution < 1.29 is 12.8 Å². The van der Waals surface area contributed by atoms with Crippen LogP contribution in [0, 0.1) is 12.7 Å². The van der Waals surface area contributed by atoms with E-state index in [1.807, 2.05) is 0 Å². The molecule has 5 nitrogen and oxygen atoms in total. The van der Waals surface area contributed by atoms with Gasteiger partial charge >= 0.3 is 0 Å². The zero-order valence-electron chi connectivity index (χ0n) is 17.2. The van der Waals surface area contributed by atoms with Crippen LogP contribution in [0.4, 0.5) is 4.39 Å². The fraction of sp³-hybridized carbons (Fsp3) is 0.381. The van der Waals surface area contributed by atoms with E-state index >= 15 is 0 Å². The molecule has 0 spiro atoms. The number of benzene rings is 2. The molecule has 2 aromatic carbocycles. The predicted molar refractivity (Wildman–Crippen MR) is 128 cm³/mol. The monoisotopic (exact) mass is 533 g/mol. The maximum atomic E-state index is 13.6. The van der Waals surface area contributed by atoms with Crippen molar-refractivity contribution in [3.8, 4) is 0 Å². The quantitative estimate of drug-likeness (QED) is 0.323. The van der Waals surface area contributed by atoms with E-state index < -0.39 is 15.7 Å². The number of nitrogens with one attached hydrogen (secondary N) is 2. The predicted octanol–water partition coefficient (Wildman–Crippen LogP) is 3.77. The van der Waals surface area contributed by atoms with Crippen molar-refractivity contribution in [2.24, 2.45) is 4.99 Å². The Morgan fingerprint density at radius 3 is 2.34 bits per heavy atom. The lowest BCUT2D eigenvalue weighted by atomic mass is 10.0. The first kappa shape index (κ1) is 25.4. The van der Waals surface area contributed by atoms with Gasteiger partial charge in [-0.25, -0.2) is 12.8 Å². The molecule has 2 aromatic rings. The van der Waals surface area contributed by atoms with Crippen molar-refractivity contribution in [1.29, 1.82) is 0 Å². The van der Waals surface area contributed by atoms with Gasteiger partial charge in [-0.2, -0.15) is 0 Å². The zero-order chi connectivity index (χ0) is 20.7. The minimum Gasteiger partial charge on any atom is -0.356 e. The fourth-order valence-corrected chi connectivity index (χ4v) is 3.69. The first-order chi connectivity index (χ1) is 13.2. The van der Waals surface area contributed by atoms with Gasteiger partial charge in [-0.05, 0) is 41.7 Å².